The Kier molecular flexibility index (Phi) is 9.80. The summed E-state index contributed by atoms with van der Waals surface area (Å²) < 4.78 is 44.0. The maximum atomic E-state index is 13.3. The van der Waals surface area contributed by atoms with Crippen molar-refractivity contribution in [3.8, 4) is 5.75 Å². The first-order valence-corrected chi connectivity index (χ1v) is 15.0. The number of hydrogen-bond donors (Lipinski definition) is 0. The van der Waals surface area contributed by atoms with Crippen molar-refractivity contribution >= 4 is 15.9 Å². The smallest absolute Gasteiger partial charge is 0.311 e. The van der Waals surface area contributed by atoms with Crippen LogP contribution in [0.15, 0.2) is 45.7 Å². The molecule has 2 heterocycles. The first kappa shape index (κ1) is 30.6. The summed E-state index contributed by atoms with van der Waals surface area (Å²) in [7, 11) is 2.54. The quantitative estimate of drug-likeness (QED) is 0.334. The zero-order valence-corrected chi connectivity index (χ0v) is 25.4. The van der Waals surface area contributed by atoms with E-state index >= 15 is 0 Å². The Labute approximate surface area is 242 Å². The van der Waals surface area contributed by atoms with E-state index in [1.165, 1.54) is 24.6 Å². The van der Waals surface area contributed by atoms with E-state index in [0.717, 1.165) is 42.3 Å². The molecule has 0 bridgehead atoms. The molecular formula is C29H39N5O6S. The van der Waals surface area contributed by atoms with Crippen LogP contribution in [-0.2, 0) is 34.4 Å². The Morgan fingerprint density at radius 3 is 2.20 bits per heavy atom. The molecule has 0 aliphatic carbocycles. The summed E-state index contributed by atoms with van der Waals surface area (Å²) in [5.41, 5.74) is 3.32. The Bertz CT molecular complexity index is 1430. The molecule has 1 aliphatic rings. The van der Waals surface area contributed by atoms with Gasteiger partial charge in [-0.25, -0.2) is 8.42 Å². The minimum Gasteiger partial charge on any atom is -0.497 e. The van der Waals surface area contributed by atoms with Gasteiger partial charge in [0.1, 0.15) is 5.75 Å². The molecule has 1 aromatic heterocycles. The minimum absolute atomic E-state index is 0.0236. The van der Waals surface area contributed by atoms with Crippen molar-refractivity contribution in [2.24, 2.45) is 0 Å². The predicted octanol–water partition coefficient (Wildman–Crippen LogP) is 3.40. The molecule has 0 saturated carbocycles. The molecule has 1 aliphatic heterocycles. The van der Waals surface area contributed by atoms with Crippen LogP contribution in [0.3, 0.4) is 0 Å². The van der Waals surface area contributed by atoms with Gasteiger partial charge >= 0.3 is 11.8 Å². The fraction of sp³-hybridized carbons (Fsp3) is 0.483. The molecule has 0 unspecified atom stereocenters. The van der Waals surface area contributed by atoms with Gasteiger partial charge in [0, 0.05) is 47.4 Å². The van der Waals surface area contributed by atoms with Crippen LogP contribution in [0.25, 0.3) is 0 Å². The van der Waals surface area contributed by atoms with E-state index in [1.807, 2.05) is 12.1 Å². The van der Waals surface area contributed by atoms with Gasteiger partial charge < -0.3 is 18.8 Å². The van der Waals surface area contributed by atoms with Gasteiger partial charge in [-0.2, -0.15) is 4.31 Å². The third-order valence-electron chi connectivity index (χ3n) is 7.41. The lowest BCUT2D eigenvalue weighted by Crippen LogP contribution is -2.36. The molecule has 0 N–H and O–H groups in total. The molecule has 11 nitrogen and oxygen atoms in total. The van der Waals surface area contributed by atoms with Gasteiger partial charge in [-0.05, 0) is 61.1 Å². The number of amides is 1. The zero-order chi connectivity index (χ0) is 29.7. The first-order valence-electron chi connectivity index (χ1n) is 13.5. The molecule has 4 rings (SSSR count). The number of carbonyl (C=O) groups excluding carboxylic acids is 1. The van der Waals surface area contributed by atoms with Crippen LogP contribution < -0.4 is 4.74 Å². The van der Waals surface area contributed by atoms with Crippen LogP contribution in [0.1, 0.15) is 51.7 Å². The lowest BCUT2D eigenvalue weighted by molar-refractivity contribution is 0.0388. The highest BCUT2D eigenvalue weighted by Gasteiger charge is 2.28. The Morgan fingerprint density at radius 2 is 1.61 bits per heavy atom. The van der Waals surface area contributed by atoms with E-state index in [1.54, 1.807) is 40.1 Å². The molecule has 1 amide bonds. The second-order valence-corrected chi connectivity index (χ2v) is 12.5. The van der Waals surface area contributed by atoms with Gasteiger partial charge in [0.2, 0.25) is 15.9 Å². The van der Waals surface area contributed by atoms with Crippen LogP contribution in [0.5, 0.6) is 5.75 Å². The highest BCUT2D eigenvalue weighted by atomic mass is 32.2. The standard InChI is InChI=1S/C29H39N5O6S/c1-20-15-25(39-6)16-21(2)27(20)41(36,37)33(4)19-26-30-31-28(40-26)29(35)32(3)17-22-7-9-23(10-8-22)18-34-13-11-24(38-5)12-14-34/h7-10,15-16,24H,11-14,17-19H2,1-6H3. The average molecular weight is 586 g/mol. The number of rotatable bonds is 11. The van der Waals surface area contributed by atoms with Crippen LogP contribution in [0.2, 0.25) is 0 Å². The molecule has 1 saturated heterocycles. The van der Waals surface area contributed by atoms with Crippen LogP contribution in [0.4, 0.5) is 0 Å². The largest absolute Gasteiger partial charge is 0.497 e. The second kappa shape index (κ2) is 13.1. The van der Waals surface area contributed by atoms with E-state index in [-0.39, 0.29) is 23.2 Å². The number of aryl methyl sites for hydroxylation is 2. The highest BCUT2D eigenvalue weighted by Crippen LogP contribution is 2.28. The maximum absolute atomic E-state index is 13.3. The predicted molar refractivity (Wildman–Crippen MR) is 153 cm³/mol. The monoisotopic (exact) mass is 585 g/mol. The molecule has 222 valence electrons. The third-order valence-corrected chi connectivity index (χ3v) is 9.52. The number of aromatic nitrogens is 2. The SMILES string of the molecule is COc1cc(C)c(S(=O)(=O)N(C)Cc2nnc(C(=O)N(C)Cc3ccc(CN4CCC(OC)CC4)cc3)o2)c(C)c1. The van der Waals surface area contributed by atoms with Crippen molar-refractivity contribution in [3.63, 3.8) is 0 Å². The average Bonchev–Trinajstić information content (AvgIpc) is 3.41. The molecule has 0 radical (unpaired) electrons. The number of carbonyl (C=O) groups is 1. The maximum Gasteiger partial charge on any atom is 0.311 e. The van der Waals surface area contributed by atoms with E-state index < -0.39 is 15.9 Å². The number of sulfonamides is 1. The van der Waals surface area contributed by atoms with Gasteiger partial charge in [-0.15, -0.1) is 10.2 Å². The Hall–Kier alpha value is -3.32. The minimum atomic E-state index is -3.86. The Balaban J connectivity index is 1.34. The summed E-state index contributed by atoms with van der Waals surface area (Å²) in [6.07, 6.45) is 2.46. The lowest BCUT2D eigenvalue weighted by atomic mass is 10.1. The van der Waals surface area contributed by atoms with Crippen LogP contribution in [0, 0.1) is 13.8 Å². The van der Waals surface area contributed by atoms with Crippen LogP contribution in [-0.4, -0.2) is 86.1 Å². The summed E-state index contributed by atoms with van der Waals surface area (Å²) in [4.78, 5) is 17.1. The highest BCUT2D eigenvalue weighted by molar-refractivity contribution is 7.89. The van der Waals surface area contributed by atoms with Gasteiger partial charge in [0.25, 0.3) is 0 Å². The van der Waals surface area contributed by atoms with Crippen molar-refractivity contribution in [3.05, 3.63) is 70.4 Å². The number of benzene rings is 2. The van der Waals surface area contributed by atoms with E-state index in [0.29, 0.717) is 29.5 Å². The molecule has 0 spiro atoms. The lowest BCUT2D eigenvalue weighted by Gasteiger charge is -2.31. The molecule has 41 heavy (non-hydrogen) atoms. The normalized spacial score (nSPS) is 14.9. The first-order chi connectivity index (χ1) is 19.5. The number of piperidine rings is 1. The van der Waals surface area contributed by atoms with Crippen molar-refractivity contribution < 1.29 is 27.1 Å². The van der Waals surface area contributed by atoms with Gasteiger partial charge in [0.15, 0.2) is 0 Å². The molecule has 2 aromatic carbocycles. The van der Waals surface area contributed by atoms with E-state index in [2.05, 4.69) is 27.2 Å². The van der Waals surface area contributed by atoms with Gasteiger partial charge in [-0.1, -0.05) is 24.3 Å². The zero-order valence-electron chi connectivity index (χ0n) is 24.6. The summed E-state index contributed by atoms with van der Waals surface area (Å²) in [6.45, 7) is 6.54. The third kappa shape index (κ3) is 7.31. The molecule has 12 heteroatoms. The number of nitrogens with zero attached hydrogens (tertiary/aromatic N) is 5. The Morgan fingerprint density at radius 1 is 1.00 bits per heavy atom. The van der Waals surface area contributed by atoms with Crippen molar-refractivity contribution in [1.82, 2.24) is 24.3 Å². The summed E-state index contributed by atoms with van der Waals surface area (Å²) in [5, 5.41) is 7.80. The number of hydrogen-bond acceptors (Lipinski definition) is 9. The summed E-state index contributed by atoms with van der Waals surface area (Å²) in [5.74, 6) is -0.0295. The molecule has 0 atom stereocenters. The fourth-order valence-corrected chi connectivity index (χ4v) is 6.61. The van der Waals surface area contributed by atoms with Gasteiger partial charge in [0.05, 0.1) is 24.7 Å². The number of likely N-dealkylation sites (tertiary alicyclic amines) is 1. The molecule has 3 aromatic rings. The molecule has 1 fully saturated rings. The van der Waals surface area contributed by atoms with Crippen LogP contribution >= 0.6 is 0 Å². The fourth-order valence-electron chi connectivity index (χ4n) is 5.09. The topological polar surface area (TPSA) is 118 Å². The van der Waals surface area contributed by atoms with Crippen molar-refractivity contribution in [1.29, 1.82) is 0 Å². The molecular weight excluding hydrogens is 546 g/mol. The van der Waals surface area contributed by atoms with E-state index in [9.17, 15) is 13.2 Å². The van der Waals surface area contributed by atoms with E-state index in [4.69, 9.17) is 13.9 Å². The summed E-state index contributed by atoms with van der Waals surface area (Å²) >= 11 is 0. The number of ether oxygens (including phenoxy) is 2. The van der Waals surface area contributed by atoms with Gasteiger partial charge in [-0.3, -0.25) is 9.69 Å². The summed E-state index contributed by atoms with van der Waals surface area (Å²) in [6, 6.07) is 11.6. The van der Waals surface area contributed by atoms with Crippen molar-refractivity contribution in [2.75, 3.05) is 41.4 Å². The van der Waals surface area contributed by atoms with Crippen molar-refractivity contribution in [2.45, 2.75) is 57.3 Å². The number of methoxy groups -OCH3 is 2. The second-order valence-electron chi connectivity index (χ2n) is 10.5.